The second kappa shape index (κ2) is 7.34. The van der Waals surface area contributed by atoms with E-state index in [0.717, 1.165) is 12.3 Å². The largest absolute Gasteiger partial charge is 0.465 e. The minimum Gasteiger partial charge on any atom is -0.465 e. The first-order valence-electron chi connectivity index (χ1n) is 7.12. The Kier molecular flexibility index (Phi) is 6.40. The maximum absolute atomic E-state index is 11.5. The van der Waals surface area contributed by atoms with Gasteiger partial charge in [-0.1, -0.05) is 18.6 Å². The summed E-state index contributed by atoms with van der Waals surface area (Å²) in [5.74, 6) is 1.11. The van der Waals surface area contributed by atoms with Gasteiger partial charge >= 0.3 is 5.97 Å². The number of carbonyl (C=O) groups is 1. The van der Waals surface area contributed by atoms with Crippen LogP contribution in [-0.4, -0.2) is 29.1 Å². The fraction of sp³-hybridized carbons (Fsp3) is 0.800. The van der Waals surface area contributed by atoms with Gasteiger partial charge < -0.3 is 10.5 Å². The topological polar surface area (TPSA) is 52.3 Å². The van der Waals surface area contributed by atoms with Crippen LogP contribution in [0, 0.1) is 5.92 Å². The minimum absolute atomic E-state index is 0.0598. The molecule has 0 fully saturated rings. The molecule has 2 atom stereocenters. The Morgan fingerprint density at radius 2 is 2.32 bits per heavy atom. The van der Waals surface area contributed by atoms with Gasteiger partial charge in [0.05, 0.1) is 6.61 Å². The third-order valence-corrected chi connectivity index (χ3v) is 5.17. The van der Waals surface area contributed by atoms with Crippen molar-refractivity contribution in [2.45, 2.75) is 57.7 Å². The summed E-state index contributed by atoms with van der Waals surface area (Å²) in [6.07, 6.45) is 5.97. The van der Waals surface area contributed by atoms with E-state index in [1.54, 1.807) is 18.7 Å². The number of nitrogens with two attached hydrogens (primary N) is 1. The monoisotopic (exact) mass is 285 g/mol. The summed E-state index contributed by atoms with van der Waals surface area (Å²) in [6, 6.07) is -0.521. The summed E-state index contributed by atoms with van der Waals surface area (Å²) in [6.45, 7) is 8.93. The Morgan fingerprint density at radius 3 is 2.84 bits per heavy atom. The highest BCUT2D eigenvalue weighted by atomic mass is 32.2. The van der Waals surface area contributed by atoms with Crippen molar-refractivity contribution in [2.75, 3.05) is 12.4 Å². The van der Waals surface area contributed by atoms with E-state index in [1.807, 2.05) is 0 Å². The zero-order valence-electron chi connectivity index (χ0n) is 12.6. The fourth-order valence-corrected chi connectivity index (χ4v) is 3.32. The lowest BCUT2D eigenvalue weighted by Gasteiger charge is -2.32. The predicted octanol–water partition coefficient (Wildman–Crippen LogP) is 3.14. The van der Waals surface area contributed by atoms with Gasteiger partial charge in [-0.2, -0.15) is 0 Å². The van der Waals surface area contributed by atoms with Crippen LogP contribution in [0.15, 0.2) is 11.6 Å². The first kappa shape index (κ1) is 16.6. The molecule has 2 N–H and O–H groups in total. The minimum atomic E-state index is -0.521. The number of hydrogen-bond acceptors (Lipinski definition) is 4. The number of carbonyl (C=O) groups excluding carboxylic acids is 1. The molecule has 0 spiro atoms. The second-order valence-electron chi connectivity index (χ2n) is 5.79. The summed E-state index contributed by atoms with van der Waals surface area (Å²) in [5.41, 5.74) is 7.34. The third kappa shape index (κ3) is 5.19. The van der Waals surface area contributed by atoms with Crippen LogP contribution in [0.4, 0.5) is 0 Å². The standard InChI is InChI=1S/C15H27NO2S/c1-5-18-14(17)13(16)10-19-15(3,4)12-8-6-11(2)7-9-12/h8,11,13H,5-7,9-10,16H2,1-4H3/t11-,13-/m0/s1. The molecule has 0 amide bonds. The van der Waals surface area contributed by atoms with Crippen LogP contribution in [0.25, 0.3) is 0 Å². The number of rotatable bonds is 6. The zero-order chi connectivity index (χ0) is 14.5. The van der Waals surface area contributed by atoms with E-state index in [4.69, 9.17) is 10.5 Å². The SMILES string of the molecule is CCOC(=O)[C@@H](N)CSC(C)(C)C1=CC[C@H](C)CC1. The van der Waals surface area contributed by atoms with Gasteiger partial charge in [0.2, 0.25) is 0 Å². The van der Waals surface area contributed by atoms with E-state index in [0.29, 0.717) is 12.4 Å². The van der Waals surface area contributed by atoms with Gasteiger partial charge in [0.1, 0.15) is 6.04 Å². The van der Waals surface area contributed by atoms with Crippen molar-refractivity contribution in [3.05, 3.63) is 11.6 Å². The van der Waals surface area contributed by atoms with E-state index in [-0.39, 0.29) is 10.7 Å². The Labute approximate surface area is 121 Å². The van der Waals surface area contributed by atoms with Crippen LogP contribution in [0.2, 0.25) is 0 Å². The summed E-state index contributed by atoms with van der Waals surface area (Å²) >= 11 is 1.75. The number of esters is 1. The van der Waals surface area contributed by atoms with Gasteiger partial charge in [-0.3, -0.25) is 4.79 Å². The van der Waals surface area contributed by atoms with Crippen molar-refractivity contribution >= 4 is 17.7 Å². The highest BCUT2D eigenvalue weighted by molar-refractivity contribution is 8.00. The first-order chi connectivity index (χ1) is 8.86. The number of ether oxygens (including phenoxy) is 1. The maximum atomic E-state index is 11.5. The molecular formula is C15H27NO2S. The highest BCUT2D eigenvalue weighted by Gasteiger charge is 2.28. The van der Waals surface area contributed by atoms with Crippen molar-refractivity contribution in [1.82, 2.24) is 0 Å². The van der Waals surface area contributed by atoms with Crippen LogP contribution < -0.4 is 5.73 Å². The molecule has 4 heteroatoms. The van der Waals surface area contributed by atoms with E-state index >= 15 is 0 Å². The van der Waals surface area contributed by atoms with Crippen molar-refractivity contribution in [3.63, 3.8) is 0 Å². The van der Waals surface area contributed by atoms with Crippen molar-refractivity contribution in [3.8, 4) is 0 Å². The summed E-state index contributed by atoms with van der Waals surface area (Å²) < 4.78 is 5.00. The second-order valence-corrected chi connectivity index (χ2v) is 7.43. The Hall–Kier alpha value is -0.480. The fourth-order valence-electron chi connectivity index (χ4n) is 2.22. The lowest BCUT2D eigenvalue weighted by atomic mass is 9.86. The molecule has 0 saturated carbocycles. The molecule has 1 aliphatic rings. The zero-order valence-corrected chi connectivity index (χ0v) is 13.4. The molecule has 0 aromatic carbocycles. The highest BCUT2D eigenvalue weighted by Crippen LogP contribution is 2.38. The van der Waals surface area contributed by atoms with Gasteiger partial charge in [0, 0.05) is 10.5 Å². The van der Waals surface area contributed by atoms with Gasteiger partial charge in [-0.25, -0.2) is 0 Å². The number of thioether (sulfide) groups is 1. The Morgan fingerprint density at radius 1 is 1.63 bits per heavy atom. The van der Waals surface area contributed by atoms with Gasteiger partial charge in [-0.15, -0.1) is 11.8 Å². The van der Waals surface area contributed by atoms with Gasteiger partial charge in [-0.05, 0) is 46.0 Å². The van der Waals surface area contributed by atoms with E-state index < -0.39 is 6.04 Å². The summed E-state index contributed by atoms with van der Waals surface area (Å²) in [5, 5.41) is 0. The molecule has 0 aromatic heterocycles. The summed E-state index contributed by atoms with van der Waals surface area (Å²) in [7, 11) is 0. The molecule has 0 bridgehead atoms. The molecule has 0 saturated heterocycles. The van der Waals surface area contributed by atoms with Crippen LogP contribution in [0.5, 0.6) is 0 Å². The van der Waals surface area contributed by atoms with Crippen molar-refractivity contribution < 1.29 is 9.53 Å². The van der Waals surface area contributed by atoms with Crippen molar-refractivity contribution in [1.29, 1.82) is 0 Å². The van der Waals surface area contributed by atoms with Crippen LogP contribution >= 0.6 is 11.8 Å². The van der Waals surface area contributed by atoms with Gasteiger partial charge in [0.15, 0.2) is 0 Å². The van der Waals surface area contributed by atoms with E-state index in [1.165, 1.54) is 18.4 Å². The number of allylic oxidation sites excluding steroid dienone is 1. The molecular weight excluding hydrogens is 258 g/mol. The molecule has 0 aliphatic heterocycles. The molecule has 1 rings (SSSR count). The van der Waals surface area contributed by atoms with Crippen LogP contribution in [0.1, 0.15) is 47.0 Å². The molecule has 0 aromatic rings. The van der Waals surface area contributed by atoms with Gasteiger partial charge in [0.25, 0.3) is 0 Å². The quantitative estimate of drug-likeness (QED) is 0.602. The van der Waals surface area contributed by atoms with Crippen molar-refractivity contribution in [2.24, 2.45) is 11.7 Å². The molecule has 110 valence electrons. The lowest BCUT2D eigenvalue weighted by Crippen LogP contribution is -2.36. The molecule has 19 heavy (non-hydrogen) atoms. The molecule has 0 radical (unpaired) electrons. The molecule has 0 heterocycles. The number of hydrogen-bond donors (Lipinski definition) is 1. The Balaban J connectivity index is 2.48. The molecule has 0 unspecified atom stereocenters. The Bertz CT molecular complexity index is 339. The average molecular weight is 285 g/mol. The van der Waals surface area contributed by atoms with E-state index in [9.17, 15) is 4.79 Å². The smallest absolute Gasteiger partial charge is 0.323 e. The maximum Gasteiger partial charge on any atom is 0.323 e. The van der Waals surface area contributed by atoms with Crippen LogP contribution in [-0.2, 0) is 9.53 Å². The average Bonchev–Trinajstić information content (AvgIpc) is 2.37. The van der Waals surface area contributed by atoms with E-state index in [2.05, 4.69) is 26.8 Å². The lowest BCUT2D eigenvalue weighted by molar-refractivity contribution is -0.144. The molecule has 3 nitrogen and oxygen atoms in total. The van der Waals surface area contributed by atoms with Crippen LogP contribution in [0.3, 0.4) is 0 Å². The molecule has 1 aliphatic carbocycles. The summed E-state index contributed by atoms with van der Waals surface area (Å²) in [4.78, 5) is 11.5. The first-order valence-corrected chi connectivity index (χ1v) is 8.11. The third-order valence-electron chi connectivity index (χ3n) is 3.66. The normalized spacial score (nSPS) is 21.7. The predicted molar refractivity (Wildman–Crippen MR) is 82.2 cm³/mol.